The molecule has 0 saturated carbocycles. The van der Waals surface area contributed by atoms with Crippen molar-refractivity contribution in [2.75, 3.05) is 0 Å². The van der Waals surface area contributed by atoms with E-state index in [4.69, 9.17) is 13.2 Å². The highest BCUT2D eigenvalue weighted by Gasteiger charge is 1.88. The predicted octanol–water partition coefficient (Wildman–Crippen LogP) is 2.11. The molecule has 0 saturated heterocycles. The highest BCUT2D eigenvalue weighted by Crippen LogP contribution is 2.11. The molecule has 0 unspecified atom stereocenters. The summed E-state index contributed by atoms with van der Waals surface area (Å²) in [5.41, 5.74) is 0.700. The summed E-state index contributed by atoms with van der Waals surface area (Å²) < 4.78 is 7.25. The molecular formula is C8H4N2. The van der Waals surface area contributed by atoms with Gasteiger partial charge >= 0.3 is 0 Å². The van der Waals surface area contributed by atoms with Gasteiger partial charge in [0.2, 0.25) is 0 Å². The van der Waals surface area contributed by atoms with Crippen LogP contribution in [-0.2, 0) is 0 Å². The fourth-order valence-electron chi connectivity index (χ4n) is 0.556. The van der Waals surface area contributed by atoms with Gasteiger partial charge in [-0.3, -0.25) is 0 Å². The Morgan fingerprint density at radius 1 is 1.60 bits per heavy atom. The van der Waals surface area contributed by atoms with Crippen LogP contribution in [0.15, 0.2) is 24.2 Å². The fraction of sp³-hybridized carbons (Fsp3) is 0. The second-order valence-electron chi connectivity index (χ2n) is 1.69. The Morgan fingerprint density at radius 2 is 2.40 bits per heavy atom. The van der Waals surface area contributed by atoms with Gasteiger partial charge in [0.05, 0.1) is 12.6 Å². The highest BCUT2D eigenvalue weighted by atomic mass is 14.6. The molecule has 0 heterocycles. The molecule has 0 aliphatic heterocycles. The van der Waals surface area contributed by atoms with Crippen LogP contribution < -0.4 is 0 Å². The van der Waals surface area contributed by atoms with Gasteiger partial charge in [0.25, 0.3) is 0 Å². The van der Waals surface area contributed by atoms with Crippen LogP contribution in [-0.4, -0.2) is 0 Å². The van der Waals surface area contributed by atoms with Crippen molar-refractivity contribution in [3.63, 3.8) is 0 Å². The molecule has 10 heavy (non-hydrogen) atoms. The van der Waals surface area contributed by atoms with Crippen LogP contribution in [0.5, 0.6) is 0 Å². The van der Waals surface area contributed by atoms with Crippen molar-refractivity contribution in [2.24, 2.45) is 0 Å². The minimum absolute atomic E-state index is 0.110. The summed E-state index contributed by atoms with van der Waals surface area (Å²) in [7, 11) is 0. The van der Waals surface area contributed by atoms with E-state index in [1.807, 2.05) is 6.07 Å². The number of hydrogen-bond acceptors (Lipinski definition) is 1. The van der Waals surface area contributed by atoms with E-state index < -0.39 is 0 Å². The van der Waals surface area contributed by atoms with E-state index in [1.165, 1.54) is 18.2 Å². The molecule has 0 atom stereocenters. The Kier molecular flexibility index (Phi) is 1.34. The lowest BCUT2D eigenvalue weighted by molar-refractivity contribution is 1.49. The molecule has 0 bridgehead atoms. The van der Waals surface area contributed by atoms with E-state index in [0.29, 0.717) is 5.56 Å². The predicted molar refractivity (Wildman–Crippen MR) is 37.4 cm³/mol. The average molecular weight is 129 g/mol. The topological polar surface area (TPSA) is 28.1 Å². The fourth-order valence-corrected chi connectivity index (χ4v) is 0.556. The second kappa shape index (κ2) is 2.66. The van der Waals surface area contributed by atoms with Gasteiger partial charge < -0.3 is 0 Å². The van der Waals surface area contributed by atoms with Crippen LogP contribution in [0.2, 0.25) is 0 Å². The lowest BCUT2D eigenvalue weighted by atomic mass is 10.2. The maximum absolute atomic E-state index is 8.41. The minimum Gasteiger partial charge on any atom is -0.238 e. The first kappa shape index (κ1) is 5.02. The summed E-state index contributed by atoms with van der Waals surface area (Å²) in [6, 6.07) is 6.40. The SMILES string of the molecule is [2H]c1cc(C#N)ccc1[N+]#[C-]. The molecule has 0 aromatic heterocycles. The standard InChI is InChI=1S/C8H4N2/c1-10-8-4-2-7(6-9)3-5-8/h2-5H/i4D. The molecular weight excluding hydrogens is 124 g/mol. The van der Waals surface area contributed by atoms with Gasteiger partial charge in [-0.25, -0.2) is 4.85 Å². The third kappa shape index (κ3) is 1.13. The van der Waals surface area contributed by atoms with Crippen LogP contribution in [0.1, 0.15) is 6.93 Å². The highest BCUT2D eigenvalue weighted by molar-refractivity contribution is 5.47. The quantitative estimate of drug-likeness (QED) is 0.493. The number of nitriles is 1. The van der Waals surface area contributed by atoms with Crippen molar-refractivity contribution in [1.82, 2.24) is 0 Å². The van der Waals surface area contributed by atoms with Gasteiger partial charge in [-0.15, -0.1) is 0 Å². The summed E-state index contributed by atoms with van der Waals surface area (Å²) >= 11 is 0. The van der Waals surface area contributed by atoms with E-state index >= 15 is 0 Å². The average Bonchev–Trinajstić information content (AvgIpc) is 2.04. The van der Waals surface area contributed by atoms with Gasteiger partial charge in [0.1, 0.15) is 0 Å². The van der Waals surface area contributed by atoms with Gasteiger partial charge in [-0.1, -0.05) is 24.2 Å². The van der Waals surface area contributed by atoms with E-state index in [1.54, 1.807) is 0 Å². The van der Waals surface area contributed by atoms with Crippen LogP contribution >= 0.6 is 0 Å². The molecule has 46 valence electrons. The molecule has 0 N–H and O–H groups in total. The summed E-state index contributed by atoms with van der Waals surface area (Å²) in [5, 5.41) is 8.41. The van der Waals surface area contributed by atoms with E-state index in [0.717, 1.165) is 0 Å². The molecule has 0 aliphatic carbocycles. The van der Waals surface area contributed by atoms with Gasteiger partial charge in [-0.2, -0.15) is 5.26 Å². The molecule has 2 heteroatoms. The Hall–Kier alpha value is -1.80. The van der Waals surface area contributed by atoms with E-state index in [9.17, 15) is 0 Å². The molecule has 0 fully saturated rings. The molecule has 2 nitrogen and oxygen atoms in total. The van der Waals surface area contributed by atoms with Crippen molar-refractivity contribution in [2.45, 2.75) is 0 Å². The van der Waals surface area contributed by atoms with Crippen LogP contribution in [0.4, 0.5) is 5.69 Å². The maximum atomic E-state index is 8.41. The lowest BCUT2D eigenvalue weighted by Crippen LogP contribution is -1.68. The Bertz CT molecular complexity index is 357. The van der Waals surface area contributed by atoms with E-state index in [2.05, 4.69) is 4.85 Å². The van der Waals surface area contributed by atoms with Crippen LogP contribution in [0.3, 0.4) is 0 Å². The summed E-state index contributed by atoms with van der Waals surface area (Å²) in [5.74, 6) is 0. The lowest BCUT2D eigenvalue weighted by Gasteiger charge is -1.86. The van der Waals surface area contributed by atoms with Gasteiger partial charge in [0, 0.05) is 6.93 Å². The van der Waals surface area contributed by atoms with Crippen LogP contribution in [0.25, 0.3) is 4.85 Å². The van der Waals surface area contributed by atoms with Crippen molar-refractivity contribution in [1.29, 1.82) is 5.26 Å². The largest absolute Gasteiger partial charge is 0.238 e. The Balaban J connectivity index is 3.25. The zero-order valence-corrected chi connectivity index (χ0v) is 5.13. The van der Waals surface area contributed by atoms with Crippen LogP contribution in [0, 0.1) is 17.9 Å². The zero-order valence-electron chi connectivity index (χ0n) is 6.13. The minimum atomic E-state index is 0.110. The van der Waals surface area contributed by atoms with Gasteiger partial charge in [0.15, 0.2) is 5.69 Å². The smallest absolute Gasteiger partial charge is 0.187 e. The summed E-state index contributed by atoms with van der Waals surface area (Å²) in [4.78, 5) is 3.10. The van der Waals surface area contributed by atoms with E-state index in [-0.39, 0.29) is 11.7 Å². The Morgan fingerprint density at radius 3 is 2.90 bits per heavy atom. The zero-order chi connectivity index (χ0) is 8.27. The van der Waals surface area contributed by atoms with Crippen molar-refractivity contribution in [3.8, 4) is 6.07 Å². The molecule has 1 aromatic rings. The third-order valence-electron chi connectivity index (χ3n) is 1.05. The third-order valence-corrected chi connectivity index (χ3v) is 1.05. The number of benzene rings is 1. The Labute approximate surface area is 60.6 Å². The maximum Gasteiger partial charge on any atom is 0.187 e. The number of nitrogens with zero attached hydrogens (tertiary/aromatic N) is 2. The first-order valence-electron chi connectivity index (χ1n) is 3.16. The monoisotopic (exact) mass is 129 g/mol. The van der Waals surface area contributed by atoms with Gasteiger partial charge in [-0.05, 0) is 0 Å². The number of hydrogen-bond donors (Lipinski definition) is 0. The molecule has 0 spiro atoms. The molecule has 1 aromatic carbocycles. The second-order valence-corrected chi connectivity index (χ2v) is 1.69. The molecule has 0 amide bonds. The summed E-state index contributed by atoms with van der Waals surface area (Å²) in [6.45, 7) is 6.63. The number of rotatable bonds is 0. The molecule has 1 rings (SSSR count). The first-order chi connectivity index (χ1) is 5.27. The van der Waals surface area contributed by atoms with Crippen molar-refractivity contribution >= 4 is 5.69 Å². The molecule has 0 radical (unpaired) electrons. The van der Waals surface area contributed by atoms with Crippen molar-refractivity contribution < 1.29 is 1.37 Å². The molecule has 0 aliphatic rings. The summed E-state index contributed by atoms with van der Waals surface area (Å²) in [6.07, 6.45) is 0. The van der Waals surface area contributed by atoms with Crippen molar-refractivity contribution in [3.05, 3.63) is 41.2 Å². The normalized spacial score (nSPS) is 9.20. The first-order valence-corrected chi connectivity index (χ1v) is 2.66.